The van der Waals surface area contributed by atoms with Gasteiger partial charge in [0.2, 0.25) is 5.89 Å². The molecule has 7 nitrogen and oxygen atoms in total. The molecule has 0 amide bonds. The molecule has 3 atom stereocenters. The Balaban J connectivity index is 1.38. The lowest BCUT2D eigenvalue weighted by molar-refractivity contribution is 0.164. The number of hydrogen-bond donors (Lipinski definition) is 2. The molecular formula is C22H39N5O2S. The zero-order valence-corrected chi connectivity index (χ0v) is 19.9. The van der Waals surface area contributed by atoms with E-state index in [1.807, 2.05) is 27.8 Å². The molecule has 1 aromatic heterocycles. The predicted molar refractivity (Wildman–Crippen MR) is 123 cm³/mol. The minimum Gasteiger partial charge on any atom is -0.444 e. The zero-order valence-electron chi connectivity index (χ0n) is 19.1. The van der Waals surface area contributed by atoms with E-state index < -0.39 is 10.8 Å². The van der Waals surface area contributed by atoms with Gasteiger partial charge in [-0.25, -0.2) is 4.98 Å². The highest BCUT2D eigenvalue weighted by Gasteiger charge is 2.26. The SMILES string of the molecule is CCS(=O)C1CCCC(NC(=NC)NCC2CCN(Cc3nc(C)c(C)o3)CC2)C1. The lowest BCUT2D eigenvalue weighted by Gasteiger charge is -2.32. The van der Waals surface area contributed by atoms with Crippen molar-refractivity contribution in [2.75, 3.05) is 32.4 Å². The number of oxazole rings is 1. The van der Waals surface area contributed by atoms with E-state index in [1.165, 1.54) is 12.8 Å². The maximum Gasteiger partial charge on any atom is 0.208 e. The summed E-state index contributed by atoms with van der Waals surface area (Å²) in [4.78, 5) is 11.4. The second-order valence-corrected chi connectivity index (χ2v) is 10.7. The second kappa shape index (κ2) is 11.3. The van der Waals surface area contributed by atoms with Crippen LogP contribution in [0.15, 0.2) is 9.41 Å². The van der Waals surface area contributed by atoms with Crippen LogP contribution in [0.3, 0.4) is 0 Å². The molecule has 3 rings (SSSR count). The molecule has 30 heavy (non-hydrogen) atoms. The summed E-state index contributed by atoms with van der Waals surface area (Å²) in [7, 11) is 1.14. The molecule has 2 fully saturated rings. The maximum atomic E-state index is 12.2. The Morgan fingerprint density at radius 2 is 2.03 bits per heavy atom. The van der Waals surface area contributed by atoms with Gasteiger partial charge in [0.15, 0.2) is 5.96 Å². The van der Waals surface area contributed by atoms with Gasteiger partial charge in [0.25, 0.3) is 0 Å². The van der Waals surface area contributed by atoms with E-state index in [4.69, 9.17) is 4.42 Å². The molecule has 0 radical (unpaired) electrons. The van der Waals surface area contributed by atoms with Crippen LogP contribution < -0.4 is 10.6 Å². The number of piperidine rings is 1. The molecule has 2 aliphatic rings. The Morgan fingerprint density at radius 1 is 1.27 bits per heavy atom. The van der Waals surface area contributed by atoms with Crippen molar-refractivity contribution in [3.8, 4) is 0 Å². The molecule has 1 aromatic rings. The number of aliphatic imine (C=N–C) groups is 1. The first kappa shape index (κ1) is 23.3. The third kappa shape index (κ3) is 6.54. The number of aryl methyl sites for hydroxylation is 2. The van der Waals surface area contributed by atoms with Crippen molar-refractivity contribution < 1.29 is 8.63 Å². The monoisotopic (exact) mass is 437 g/mol. The van der Waals surface area contributed by atoms with Crippen LogP contribution in [0.2, 0.25) is 0 Å². The highest BCUT2D eigenvalue weighted by Crippen LogP contribution is 2.23. The minimum atomic E-state index is -0.693. The van der Waals surface area contributed by atoms with Gasteiger partial charge in [-0.3, -0.25) is 14.1 Å². The lowest BCUT2D eigenvalue weighted by atomic mass is 9.95. The number of hydrogen-bond acceptors (Lipinski definition) is 5. The van der Waals surface area contributed by atoms with Crippen LogP contribution in [-0.4, -0.2) is 63.8 Å². The van der Waals surface area contributed by atoms with Crippen molar-refractivity contribution in [2.45, 2.75) is 77.1 Å². The first-order valence-corrected chi connectivity index (χ1v) is 12.9. The van der Waals surface area contributed by atoms with Gasteiger partial charge in [-0.05, 0) is 65.0 Å². The highest BCUT2D eigenvalue weighted by atomic mass is 32.2. The fraction of sp³-hybridized carbons (Fsp3) is 0.818. The smallest absolute Gasteiger partial charge is 0.208 e. The molecule has 0 spiro atoms. The predicted octanol–water partition coefficient (Wildman–Crippen LogP) is 2.75. The molecule has 170 valence electrons. The van der Waals surface area contributed by atoms with Crippen molar-refractivity contribution in [2.24, 2.45) is 10.9 Å². The van der Waals surface area contributed by atoms with Gasteiger partial charge in [-0.15, -0.1) is 0 Å². The van der Waals surface area contributed by atoms with Crippen molar-refractivity contribution in [1.29, 1.82) is 0 Å². The quantitative estimate of drug-likeness (QED) is 0.504. The Kier molecular flexibility index (Phi) is 8.74. The Hall–Kier alpha value is -1.41. The van der Waals surface area contributed by atoms with E-state index in [0.717, 1.165) is 80.9 Å². The summed E-state index contributed by atoms with van der Waals surface area (Å²) in [6.07, 6.45) is 6.70. The summed E-state index contributed by atoms with van der Waals surface area (Å²) in [6.45, 7) is 9.89. The molecule has 1 aliphatic heterocycles. The van der Waals surface area contributed by atoms with Crippen LogP contribution in [0.4, 0.5) is 0 Å². The van der Waals surface area contributed by atoms with E-state index in [-0.39, 0.29) is 0 Å². The van der Waals surface area contributed by atoms with Gasteiger partial charge in [-0.2, -0.15) is 0 Å². The molecule has 1 saturated carbocycles. The number of rotatable bonds is 7. The number of likely N-dealkylation sites (tertiary alicyclic amines) is 1. The van der Waals surface area contributed by atoms with Crippen LogP contribution in [-0.2, 0) is 17.3 Å². The average molecular weight is 438 g/mol. The molecule has 2 N–H and O–H groups in total. The standard InChI is InChI=1S/C22H39N5O2S/c1-5-30(28)20-8-6-7-19(13-20)26-22(23-4)24-14-18-9-11-27(12-10-18)15-21-25-16(2)17(3)29-21/h18-20H,5-15H2,1-4H3,(H2,23,24,26). The third-order valence-corrected chi connectivity index (χ3v) is 8.28. The van der Waals surface area contributed by atoms with Gasteiger partial charge in [0.05, 0.1) is 12.2 Å². The van der Waals surface area contributed by atoms with E-state index in [0.29, 0.717) is 17.2 Å². The molecule has 1 saturated heterocycles. The Labute approximate surface area is 183 Å². The molecule has 3 unspecified atom stereocenters. The highest BCUT2D eigenvalue weighted by molar-refractivity contribution is 7.85. The molecule has 0 bridgehead atoms. The van der Waals surface area contributed by atoms with Crippen molar-refractivity contribution in [3.63, 3.8) is 0 Å². The molecule has 0 aromatic carbocycles. The number of nitrogens with zero attached hydrogens (tertiary/aromatic N) is 3. The van der Waals surface area contributed by atoms with Gasteiger partial charge >= 0.3 is 0 Å². The first-order chi connectivity index (χ1) is 14.5. The van der Waals surface area contributed by atoms with E-state index in [1.54, 1.807) is 0 Å². The fourth-order valence-corrected chi connectivity index (χ4v) is 5.87. The van der Waals surface area contributed by atoms with Gasteiger partial charge in [0, 0.05) is 41.4 Å². The topological polar surface area (TPSA) is 82.8 Å². The summed E-state index contributed by atoms with van der Waals surface area (Å²) in [6, 6.07) is 0.375. The summed E-state index contributed by atoms with van der Waals surface area (Å²) in [5, 5.41) is 7.44. The fourth-order valence-electron chi connectivity index (χ4n) is 4.53. The van der Waals surface area contributed by atoms with Crippen LogP contribution >= 0.6 is 0 Å². The average Bonchev–Trinajstić information content (AvgIpc) is 3.08. The molecule has 8 heteroatoms. The molecule has 2 heterocycles. The van der Waals surface area contributed by atoms with Gasteiger partial charge in [0.1, 0.15) is 5.76 Å². The third-order valence-electron chi connectivity index (χ3n) is 6.54. The van der Waals surface area contributed by atoms with Crippen molar-refractivity contribution in [3.05, 3.63) is 17.3 Å². The number of guanidine groups is 1. The van der Waals surface area contributed by atoms with E-state index >= 15 is 0 Å². The van der Waals surface area contributed by atoms with Crippen molar-refractivity contribution in [1.82, 2.24) is 20.5 Å². The molecule has 1 aliphatic carbocycles. The number of aromatic nitrogens is 1. The minimum absolute atomic E-state index is 0.333. The van der Waals surface area contributed by atoms with Crippen LogP contribution in [0.5, 0.6) is 0 Å². The summed E-state index contributed by atoms with van der Waals surface area (Å²) < 4.78 is 17.9. The van der Waals surface area contributed by atoms with Crippen LogP contribution in [0.25, 0.3) is 0 Å². The molecular weight excluding hydrogens is 398 g/mol. The largest absolute Gasteiger partial charge is 0.444 e. The first-order valence-electron chi connectivity index (χ1n) is 11.5. The second-order valence-electron chi connectivity index (χ2n) is 8.72. The van der Waals surface area contributed by atoms with Crippen LogP contribution in [0.1, 0.15) is 62.8 Å². The lowest BCUT2D eigenvalue weighted by Crippen LogP contribution is -2.48. The van der Waals surface area contributed by atoms with E-state index in [2.05, 4.69) is 25.5 Å². The maximum absolute atomic E-state index is 12.2. The van der Waals surface area contributed by atoms with Crippen LogP contribution in [0, 0.1) is 19.8 Å². The Morgan fingerprint density at radius 3 is 2.67 bits per heavy atom. The number of nitrogens with one attached hydrogen (secondary N) is 2. The zero-order chi connectivity index (χ0) is 21.5. The van der Waals surface area contributed by atoms with Crippen molar-refractivity contribution >= 4 is 16.8 Å². The van der Waals surface area contributed by atoms with E-state index in [9.17, 15) is 4.21 Å². The summed E-state index contributed by atoms with van der Waals surface area (Å²) in [5.74, 6) is 4.06. The summed E-state index contributed by atoms with van der Waals surface area (Å²) in [5.41, 5.74) is 0.994. The summed E-state index contributed by atoms with van der Waals surface area (Å²) >= 11 is 0. The van der Waals surface area contributed by atoms with Gasteiger partial charge < -0.3 is 15.1 Å². The normalized spacial score (nSPS) is 25.3. The van der Waals surface area contributed by atoms with Gasteiger partial charge in [-0.1, -0.05) is 13.3 Å². The Bertz CT molecular complexity index is 708.